The second-order valence-electron chi connectivity index (χ2n) is 6.85. The molecule has 0 radical (unpaired) electrons. The molecule has 1 saturated heterocycles. The fourth-order valence-electron chi connectivity index (χ4n) is 3.19. The van der Waals surface area contributed by atoms with Gasteiger partial charge in [0.1, 0.15) is 5.75 Å². The SMILES string of the molecule is COc1ccccc1NC(N)=NCc1ccc(CN2CCC(O)CC2)cc1. The van der Waals surface area contributed by atoms with Crippen LogP contribution in [0.15, 0.2) is 53.5 Å². The molecule has 27 heavy (non-hydrogen) atoms. The number of aliphatic hydroxyl groups is 1. The molecule has 0 aromatic heterocycles. The lowest BCUT2D eigenvalue weighted by Gasteiger charge is -2.29. The first-order chi connectivity index (χ1) is 13.1. The largest absolute Gasteiger partial charge is 0.495 e. The van der Waals surface area contributed by atoms with Gasteiger partial charge in [0.05, 0.1) is 25.4 Å². The van der Waals surface area contributed by atoms with Gasteiger partial charge in [0.25, 0.3) is 0 Å². The fourth-order valence-corrected chi connectivity index (χ4v) is 3.19. The van der Waals surface area contributed by atoms with Crippen LogP contribution in [0.1, 0.15) is 24.0 Å². The number of para-hydroxylation sites is 2. The highest BCUT2D eigenvalue weighted by molar-refractivity contribution is 5.93. The number of aliphatic imine (C=N–C) groups is 1. The number of piperidine rings is 1. The first kappa shape index (κ1) is 19.2. The summed E-state index contributed by atoms with van der Waals surface area (Å²) in [5.41, 5.74) is 9.18. The molecule has 144 valence electrons. The van der Waals surface area contributed by atoms with Crippen molar-refractivity contribution in [3.63, 3.8) is 0 Å². The monoisotopic (exact) mass is 368 g/mol. The summed E-state index contributed by atoms with van der Waals surface area (Å²) in [6.45, 7) is 3.36. The number of benzene rings is 2. The third-order valence-electron chi connectivity index (χ3n) is 4.79. The van der Waals surface area contributed by atoms with E-state index in [1.807, 2.05) is 24.3 Å². The standard InChI is InChI=1S/C21H28N4O2/c1-27-20-5-3-2-4-19(20)24-21(22)23-14-16-6-8-17(9-7-16)15-25-12-10-18(26)11-13-25/h2-9,18,26H,10-15H2,1H3,(H3,22,23,24). The minimum Gasteiger partial charge on any atom is -0.495 e. The Kier molecular flexibility index (Phi) is 6.68. The van der Waals surface area contributed by atoms with Gasteiger partial charge in [0, 0.05) is 19.6 Å². The maximum absolute atomic E-state index is 9.59. The smallest absolute Gasteiger partial charge is 0.193 e. The average molecular weight is 368 g/mol. The van der Waals surface area contributed by atoms with Crippen LogP contribution in [-0.4, -0.2) is 42.3 Å². The van der Waals surface area contributed by atoms with Gasteiger partial charge < -0.3 is 20.9 Å². The van der Waals surface area contributed by atoms with Crippen LogP contribution in [0, 0.1) is 0 Å². The predicted octanol–water partition coefficient (Wildman–Crippen LogP) is 2.58. The van der Waals surface area contributed by atoms with Crippen LogP contribution in [0.4, 0.5) is 5.69 Å². The summed E-state index contributed by atoms with van der Waals surface area (Å²) < 4.78 is 5.30. The van der Waals surface area contributed by atoms with Gasteiger partial charge >= 0.3 is 0 Å². The zero-order valence-corrected chi connectivity index (χ0v) is 15.8. The summed E-state index contributed by atoms with van der Waals surface area (Å²) >= 11 is 0. The van der Waals surface area contributed by atoms with E-state index in [-0.39, 0.29) is 6.10 Å². The Morgan fingerprint density at radius 3 is 2.52 bits per heavy atom. The molecule has 1 aliphatic rings. The molecule has 4 N–H and O–H groups in total. The summed E-state index contributed by atoms with van der Waals surface area (Å²) in [6, 6.07) is 16.1. The van der Waals surface area contributed by atoms with Gasteiger partial charge in [0.15, 0.2) is 5.96 Å². The number of anilines is 1. The number of ether oxygens (including phenoxy) is 1. The lowest BCUT2D eigenvalue weighted by atomic mass is 10.1. The number of likely N-dealkylation sites (tertiary alicyclic amines) is 1. The molecule has 2 aromatic carbocycles. The first-order valence-corrected chi connectivity index (χ1v) is 9.32. The maximum Gasteiger partial charge on any atom is 0.193 e. The van der Waals surface area contributed by atoms with Crippen molar-refractivity contribution in [2.45, 2.75) is 32.0 Å². The number of methoxy groups -OCH3 is 1. The topological polar surface area (TPSA) is 83.1 Å². The number of hydrogen-bond acceptors (Lipinski definition) is 4. The Hall–Kier alpha value is -2.57. The highest BCUT2D eigenvalue weighted by atomic mass is 16.5. The van der Waals surface area contributed by atoms with E-state index in [1.54, 1.807) is 7.11 Å². The van der Waals surface area contributed by atoms with E-state index in [2.05, 4.69) is 39.5 Å². The molecule has 2 aromatic rings. The molecule has 0 bridgehead atoms. The molecule has 0 spiro atoms. The third kappa shape index (κ3) is 5.70. The van der Waals surface area contributed by atoms with Crippen molar-refractivity contribution >= 4 is 11.6 Å². The van der Waals surface area contributed by atoms with Crippen LogP contribution < -0.4 is 15.8 Å². The second-order valence-corrected chi connectivity index (χ2v) is 6.85. The summed E-state index contributed by atoms with van der Waals surface area (Å²) in [7, 11) is 1.63. The molecule has 0 aliphatic carbocycles. The Morgan fingerprint density at radius 1 is 1.15 bits per heavy atom. The van der Waals surface area contributed by atoms with Crippen molar-refractivity contribution in [1.82, 2.24) is 4.90 Å². The molecule has 1 aliphatic heterocycles. The minimum atomic E-state index is -0.128. The van der Waals surface area contributed by atoms with Gasteiger partial charge in [-0.3, -0.25) is 4.90 Å². The Labute approximate surface area is 160 Å². The molecule has 0 saturated carbocycles. The molecule has 6 heteroatoms. The van der Waals surface area contributed by atoms with Gasteiger partial charge in [0.2, 0.25) is 0 Å². The highest BCUT2D eigenvalue weighted by Gasteiger charge is 2.16. The number of nitrogens with zero attached hydrogens (tertiary/aromatic N) is 2. The van der Waals surface area contributed by atoms with Gasteiger partial charge in [-0.15, -0.1) is 0 Å². The normalized spacial score (nSPS) is 16.3. The van der Waals surface area contributed by atoms with E-state index in [9.17, 15) is 5.11 Å². The number of aliphatic hydroxyl groups excluding tert-OH is 1. The molecule has 3 rings (SSSR count). The van der Waals surface area contributed by atoms with Crippen LogP contribution in [-0.2, 0) is 13.1 Å². The van der Waals surface area contributed by atoms with Crippen LogP contribution in [0.25, 0.3) is 0 Å². The maximum atomic E-state index is 9.59. The van der Waals surface area contributed by atoms with Gasteiger partial charge in [-0.2, -0.15) is 0 Å². The van der Waals surface area contributed by atoms with E-state index in [0.29, 0.717) is 12.5 Å². The molecule has 0 unspecified atom stereocenters. The van der Waals surface area contributed by atoms with Crippen molar-refractivity contribution in [3.05, 3.63) is 59.7 Å². The summed E-state index contributed by atoms with van der Waals surface area (Å²) in [5.74, 6) is 1.08. The molecule has 0 atom stereocenters. The average Bonchev–Trinajstić information content (AvgIpc) is 2.69. The second kappa shape index (κ2) is 9.39. The van der Waals surface area contributed by atoms with E-state index < -0.39 is 0 Å². The Bertz CT molecular complexity index is 753. The molecule has 1 fully saturated rings. The number of nitrogens with two attached hydrogens (primary N) is 1. The van der Waals surface area contributed by atoms with Gasteiger partial charge in [-0.1, -0.05) is 36.4 Å². The van der Waals surface area contributed by atoms with E-state index in [1.165, 1.54) is 5.56 Å². The van der Waals surface area contributed by atoms with Crippen molar-refractivity contribution in [3.8, 4) is 5.75 Å². The van der Waals surface area contributed by atoms with Crippen LogP contribution >= 0.6 is 0 Å². The van der Waals surface area contributed by atoms with Crippen molar-refractivity contribution in [2.24, 2.45) is 10.7 Å². The van der Waals surface area contributed by atoms with Crippen molar-refractivity contribution in [1.29, 1.82) is 0 Å². The van der Waals surface area contributed by atoms with Crippen LogP contribution in [0.5, 0.6) is 5.75 Å². The number of guanidine groups is 1. The Balaban J connectivity index is 1.52. The molecular weight excluding hydrogens is 340 g/mol. The number of hydrogen-bond donors (Lipinski definition) is 3. The van der Waals surface area contributed by atoms with Crippen LogP contribution in [0.2, 0.25) is 0 Å². The summed E-state index contributed by atoms with van der Waals surface area (Å²) in [5, 5.41) is 12.7. The molecule has 1 heterocycles. The van der Waals surface area contributed by atoms with Crippen LogP contribution in [0.3, 0.4) is 0 Å². The zero-order valence-electron chi connectivity index (χ0n) is 15.8. The highest BCUT2D eigenvalue weighted by Crippen LogP contribution is 2.22. The number of nitrogens with one attached hydrogen (secondary N) is 1. The lowest BCUT2D eigenvalue weighted by Crippen LogP contribution is -2.35. The van der Waals surface area contributed by atoms with Gasteiger partial charge in [-0.25, -0.2) is 4.99 Å². The number of rotatable bonds is 6. The van der Waals surface area contributed by atoms with Crippen molar-refractivity contribution in [2.75, 3.05) is 25.5 Å². The Morgan fingerprint density at radius 2 is 1.81 bits per heavy atom. The quantitative estimate of drug-likeness (QED) is 0.539. The summed E-state index contributed by atoms with van der Waals surface area (Å²) in [4.78, 5) is 6.79. The van der Waals surface area contributed by atoms with Gasteiger partial charge in [-0.05, 0) is 36.1 Å². The first-order valence-electron chi connectivity index (χ1n) is 9.32. The fraction of sp³-hybridized carbons (Fsp3) is 0.381. The summed E-state index contributed by atoms with van der Waals surface area (Å²) in [6.07, 6.45) is 1.60. The van der Waals surface area contributed by atoms with E-state index >= 15 is 0 Å². The predicted molar refractivity (Wildman–Crippen MR) is 109 cm³/mol. The van der Waals surface area contributed by atoms with E-state index in [0.717, 1.165) is 49.5 Å². The zero-order chi connectivity index (χ0) is 19.1. The van der Waals surface area contributed by atoms with E-state index in [4.69, 9.17) is 10.5 Å². The third-order valence-corrected chi connectivity index (χ3v) is 4.79. The van der Waals surface area contributed by atoms with Crippen molar-refractivity contribution < 1.29 is 9.84 Å². The lowest BCUT2D eigenvalue weighted by molar-refractivity contribution is 0.0792. The molecular formula is C21H28N4O2. The minimum absolute atomic E-state index is 0.128. The molecule has 0 amide bonds. The molecule has 6 nitrogen and oxygen atoms in total.